The van der Waals surface area contributed by atoms with Gasteiger partial charge in [-0.2, -0.15) is 0 Å². The molecule has 88 valence electrons. The van der Waals surface area contributed by atoms with Gasteiger partial charge >= 0.3 is 5.97 Å². The summed E-state index contributed by atoms with van der Waals surface area (Å²) in [7, 11) is 0. The minimum Gasteiger partial charge on any atom is -0.477 e. The number of thiazole rings is 1. The number of carbonyl (C=O) groups is 1. The highest BCUT2D eigenvalue weighted by Gasteiger charge is 2.27. The van der Waals surface area contributed by atoms with E-state index >= 15 is 0 Å². The number of hydrogen-bond donors (Lipinski definition) is 2. The first-order valence-electron chi connectivity index (χ1n) is 5.57. The van der Waals surface area contributed by atoms with Gasteiger partial charge in [0.2, 0.25) is 0 Å². The van der Waals surface area contributed by atoms with E-state index in [1.165, 1.54) is 11.3 Å². The Kier molecular flexibility index (Phi) is 3.25. The standard InChI is InChI=1S/C11H16N2O2S/c1-6(2)10-13-8(7-4-3-5-12-7)9(16-10)11(14)15/h6-7,12H,3-5H2,1-2H3,(H,14,15). The maximum absolute atomic E-state index is 11.2. The predicted octanol–water partition coefficient (Wildman–Crippen LogP) is 2.39. The molecule has 1 saturated heterocycles. The van der Waals surface area contributed by atoms with Crippen LogP contribution in [0.1, 0.15) is 59.0 Å². The van der Waals surface area contributed by atoms with Gasteiger partial charge in [0.15, 0.2) is 0 Å². The van der Waals surface area contributed by atoms with Gasteiger partial charge in [-0.05, 0) is 19.4 Å². The van der Waals surface area contributed by atoms with Crippen LogP contribution in [0.4, 0.5) is 0 Å². The van der Waals surface area contributed by atoms with Crippen molar-refractivity contribution in [3.8, 4) is 0 Å². The van der Waals surface area contributed by atoms with Gasteiger partial charge < -0.3 is 10.4 Å². The minimum absolute atomic E-state index is 0.134. The largest absolute Gasteiger partial charge is 0.477 e. The van der Waals surface area contributed by atoms with Gasteiger partial charge in [0, 0.05) is 5.92 Å². The number of nitrogens with one attached hydrogen (secondary N) is 1. The lowest BCUT2D eigenvalue weighted by atomic mass is 10.1. The van der Waals surface area contributed by atoms with E-state index in [2.05, 4.69) is 10.3 Å². The minimum atomic E-state index is -0.854. The molecule has 1 aromatic rings. The molecule has 1 unspecified atom stereocenters. The van der Waals surface area contributed by atoms with Crippen LogP contribution in [0.5, 0.6) is 0 Å². The Morgan fingerprint density at radius 1 is 1.62 bits per heavy atom. The van der Waals surface area contributed by atoms with E-state index in [-0.39, 0.29) is 6.04 Å². The number of carboxylic acid groups (broad SMARTS) is 1. The van der Waals surface area contributed by atoms with Crippen LogP contribution in [0.2, 0.25) is 0 Å². The fourth-order valence-electron chi connectivity index (χ4n) is 1.90. The molecule has 2 heterocycles. The lowest BCUT2D eigenvalue weighted by Crippen LogP contribution is -2.16. The molecule has 0 aromatic carbocycles. The van der Waals surface area contributed by atoms with E-state index < -0.39 is 5.97 Å². The Labute approximate surface area is 98.7 Å². The van der Waals surface area contributed by atoms with Crippen molar-refractivity contribution >= 4 is 17.3 Å². The van der Waals surface area contributed by atoms with Crippen LogP contribution in [-0.2, 0) is 0 Å². The average Bonchev–Trinajstić information content (AvgIpc) is 2.86. The lowest BCUT2D eigenvalue weighted by Gasteiger charge is -2.07. The normalized spacial score (nSPS) is 20.6. The summed E-state index contributed by atoms with van der Waals surface area (Å²) in [6.07, 6.45) is 2.08. The molecular formula is C11H16N2O2S. The zero-order valence-corrected chi connectivity index (χ0v) is 10.3. The summed E-state index contributed by atoms with van der Waals surface area (Å²) in [4.78, 5) is 16.1. The van der Waals surface area contributed by atoms with Crippen LogP contribution in [0, 0.1) is 0 Å². The third kappa shape index (κ3) is 2.10. The highest BCUT2D eigenvalue weighted by molar-refractivity contribution is 7.13. The first-order valence-corrected chi connectivity index (χ1v) is 6.38. The predicted molar refractivity (Wildman–Crippen MR) is 63.1 cm³/mol. The number of carboxylic acids is 1. The highest BCUT2D eigenvalue weighted by atomic mass is 32.1. The van der Waals surface area contributed by atoms with Gasteiger partial charge in [-0.1, -0.05) is 13.8 Å². The molecule has 2 rings (SSSR count). The van der Waals surface area contributed by atoms with E-state index in [9.17, 15) is 4.79 Å². The number of aromatic nitrogens is 1. The molecule has 0 aliphatic carbocycles. The summed E-state index contributed by atoms with van der Waals surface area (Å²) in [6, 6.07) is 0.134. The molecule has 4 nitrogen and oxygen atoms in total. The molecule has 0 bridgehead atoms. The lowest BCUT2D eigenvalue weighted by molar-refractivity contribution is 0.0700. The van der Waals surface area contributed by atoms with E-state index in [4.69, 9.17) is 5.11 Å². The van der Waals surface area contributed by atoms with Crippen molar-refractivity contribution in [3.05, 3.63) is 15.6 Å². The molecule has 0 amide bonds. The molecule has 0 radical (unpaired) electrons. The molecular weight excluding hydrogens is 224 g/mol. The summed E-state index contributed by atoms with van der Waals surface area (Å²) in [5.41, 5.74) is 0.735. The maximum Gasteiger partial charge on any atom is 0.347 e. The molecule has 1 aliphatic rings. The average molecular weight is 240 g/mol. The first-order chi connectivity index (χ1) is 7.59. The first kappa shape index (κ1) is 11.5. The Balaban J connectivity index is 2.37. The second-order valence-electron chi connectivity index (χ2n) is 4.38. The summed E-state index contributed by atoms with van der Waals surface area (Å²) in [5.74, 6) is -0.564. The van der Waals surface area contributed by atoms with Gasteiger partial charge in [-0.15, -0.1) is 11.3 Å². The van der Waals surface area contributed by atoms with E-state index in [0.717, 1.165) is 30.1 Å². The third-order valence-corrected chi connectivity index (χ3v) is 4.11. The molecule has 1 aliphatic heterocycles. The number of aromatic carboxylic acids is 1. The van der Waals surface area contributed by atoms with E-state index in [0.29, 0.717) is 10.8 Å². The number of rotatable bonds is 3. The Morgan fingerprint density at radius 3 is 2.88 bits per heavy atom. The molecule has 1 aromatic heterocycles. The fraction of sp³-hybridized carbons (Fsp3) is 0.636. The molecule has 1 fully saturated rings. The number of nitrogens with zero attached hydrogens (tertiary/aromatic N) is 1. The molecule has 16 heavy (non-hydrogen) atoms. The van der Waals surface area contributed by atoms with Crippen molar-refractivity contribution < 1.29 is 9.90 Å². The molecule has 1 atom stereocenters. The smallest absolute Gasteiger partial charge is 0.347 e. The number of hydrogen-bond acceptors (Lipinski definition) is 4. The van der Waals surface area contributed by atoms with E-state index in [1.54, 1.807) is 0 Å². The summed E-state index contributed by atoms with van der Waals surface area (Å²) < 4.78 is 0. The van der Waals surface area contributed by atoms with Crippen molar-refractivity contribution in [2.75, 3.05) is 6.54 Å². The Bertz CT molecular complexity index is 395. The van der Waals surface area contributed by atoms with Gasteiger partial charge in [0.05, 0.1) is 16.7 Å². The van der Waals surface area contributed by atoms with Gasteiger partial charge in [-0.25, -0.2) is 9.78 Å². The van der Waals surface area contributed by atoms with Crippen LogP contribution in [0.25, 0.3) is 0 Å². The quantitative estimate of drug-likeness (QED) is 0.851. The van der Waals surface area contributed by atoms with Gasteiger partial charge in [0.25, 0.3) is 0 Å². The highest BCUT2D eigenvalue weighted by Crippen LogP contribution is 2.32. The van der Waals surface area contributed by atoms with Crippen LogP contribution in [0.3, 0.4) is 0 Å². The zero-order chi connectivity index (χ0) is 11.7. The Morgan fingerprint density at radius 2 is 2.38 bits per heavy atom. The molecule has 5 heteroatoms. The Hall–Kier alpha value is -0.940. The second-order valence-corrected chi connectivity index (χ2v) is 5.41. The van der Waals surface area contributed by atoms with Crippen molar-refractivity contribution in [3.63, 3.8) is 0 Å². The van der Waals surface area contributed by atoms with Crippen LogP contribution in [0.15, 0.2) is 0 Å². The topological polar surface area (TPSA) is 62.2 Å². The molecule has 2 N–H and O–H groups in total. The van der Waals surface area contributed by atoms with Crippen molar-refractivity contribution in [1.82, 2.24) is 10.3 Å². The van der Waals surface area contributed by atoms with Crippen LogP contribution < -0.4 is 5.32 Å². The zero-order valence-electron chi connectivity index (χ0n) is 9.49. The summed E-state index contributed by atoms with van der Waals surface area (Å²) in [5, 5.41) is 13.4. The SMILES string of the molecule is CC(C)c1nc(C2CCCN2)c(C(=O)O)s1. The summed E-state index contributed by atoms with van der Waals surface area (Å²) >= 11 is 1.31. The monoisotopic (exact) mass is 240 g/mol. The van der Waals surface area contributed by atoms with Crippen molar-refractivity contribution in [2.24, 2.45) is 0 Å². The maximum atomic E-state index is 11.2. The van der Waals surface area contributed by atoms with Crippen molar-refractivity contribution in [1.29, 1.82) is 0 Å². The fourth-order valence-corrected chi connectivity index (χ4v) is 2.87. The van der Waals surface area contributed by atoms with Crippen LogP contribution >= 0.6 is 11.3 Å². The second kappa shape index (κ2) is 4.51. The summed E-state index contributed by atoms with van der Waals surface area (Å²) in [6.45, 7) is 5.03. The third-order valence-electron chi connectivity index (χ3n) is 2.75. The van der Waals surface area contributed by atoms with Gasteiger partial charge in [-0.3, -0.25) is 0 Å². The molecule has 0 spiro atoms. The van der Waals surface area contributed by atoms with Crippen LogP contribution in [-0.4, -0.2) is 22.6 Å². The van der Waals surface area contributed by atoms with Gasteiger partial charge in [0.1, 0.15) is 4.88 Å². The molecule has 0 saturated carbocycles. The van der Waals surface area contributed by atoms with E-state index in [1.807, 2.05) is 13.8 Å². The van der Waals surface area contributed by atoms with Crippen molar-refractivity contribution in [2.45, 2.75) is 38.6 Å².